The quantitative estimate of drug-likeness (QED) is 0.764. The summed E-state index contributed by atoms with van der Waals surface area (Å²) in [6.07, 6.45) is 9.60. The first kappa shape index (κ1) is 15.7. The van der Waals surface area contributed by atoms with Crippen LogP contribution < -0.4 is 11.1 Å². The molecule has 1 aromatic heterocycles. The van der Waals surface area contributed by atoms with Crippen LogP contribution in [0.2, 0.25) is 0 Å². The van der Waals surface area contributed by atoms with Gasteiger partial charge in [0.25, 0.3) is 0 Å². The fourth-order valence-corrected chi connectivity index (χ4v) is 4.01. The van der Waals surface area contributed by atoms with Crippen molar-refractivity contribution in [3.05, 3.63) is 40.7 Å². The van der Waals surface area contributed by atoms with Crippen molar-refractivity contribution >= 4 is 5.57 Å². The molecule has 2 fully saturated rings. The molecule has 0 bridgehead atoms. The molecule has 1 unspecified atom stereocenters. The van der Waals surface area contributed by atoms with Gasteiger partial charge >= 0.3 is 0 Å². The van der Waals surface area contributed by atoms with Crippen molar-refractivity contribution in [3.63, 3.8) is 0 Å². The van der Waals surface area contributed by atoms with E-state index >= 15 is 0 Å². The Morgan fingerprint density at radius 1 is 1.21 bits per heavy atom. The van der Waals surface area contributed by atoms with Crippen molar-refractivity contribution in [3.8, 4) is 0 Å². The van der Waals surface area contributed by atoms with Crippen LogP contribution in [0.15, 0.2) is 33.3 Å². The average Bonchev–Trinajstić information content (AvgIpc) is 3.00. The second kappa shape index (κ2) is 5.95. The molecule has 5 rings (SSSR count). The van der Waals surface area contributed by atoms with E-state index in [1.54, 1.807) is 0 Å². The van der Waals surface area contributed by atoms with E-state index in [-0.39, 0.29) is 5.54 Å². The van der Waals surface area contributed by atoms with Crippen molar-refractivity contribution in [1.82, 2.24) is 15.5 Å². The molecule has 1 saturated carbocycles. The first-order valence-electron chi connectivity index (χ1n) is 8.65. The highest BCUT2D eigenvalue weighted by Gasteiger charge is 2.52. The van der Waals surface area contributed by atoms with Gasteiger partial charge in [0.2, 0.25) is 11.8 Å². The maximum absolute atomic E-state index is 7.00. The van der Waals surface area contributed by atoms with Crippen molar-refractivity contribution in [1.29, 1.82) is 0 Å². The van der Waals surface area contributed by atoms with Gasteiger partial charge < -0.3 is 20.6 Å². The van der Waals surface area contributed by atoms with Crippen LogP contribution in [0.3, 0.4) is 0 Å². The predicted octanol–water partition coefficient (Wildman–Crippen LogP) is 1.66. The highest BCUT2D eigenvalue weighted by atomic mass is 16.4. The Balaban J connectivity index is 0.000000704. The number of aliphatic hydroxyl groups is 1. The van der Waals surface area contributed by atoms with Gasteiger partial charge in [-0.1, -0.05) is 6.08 Å². The van der Waals surface area contributed by atoms with Crippen molar-refractivity contribution in [2.45, 2.75) is 43.6 Å². The Kier molecular flexibility index (Phi) is 3.90. The van der Waals surface area contributed by atoms with E-state index in [0.29, 0.717) is 11.8 Å². The number of hydrogen-bond acceptors (Lipinski definition) is 6. The van der Waals surface area contributed by atoms with Crippen molar-refractivity contribution < 1.29 is 9.52 Å². The zero-order valence-corrected chi connectivity index (χ0v) is 14.0. The van der Waals surface area contributed by atoms with Gasteiger partial charge in [-0.05, 0) is 68.0 Å². The molecule has 0 aromatic carbocycles. The second-order valence-corrected chi connectivity index (χ2v) is 6.97. The van der Waals surface area contributed by atoms with E-state index in [4.69, 9.17) is 15.3 Å². The highest BCUT2D eigenvalue weighted by molar-refractivity contribution is 5.75. The number of nitrogens with two attached hydrogens (primary N) is 1. The Morgan fingerprint density at radius 3 is 2.79 bits per heavy atom. The number of nitrogens with zero attached hydrogens (tertiary/aromatic N) is 2. The van der Waals surface area contributed by atoms with Gasteiger partial charge in [-0.25, -0.2) is 0 Å². The fourth-order valence-electron chi connectivity index (χ4n) is 4.01. The van der Waals surface area contributed by atoms with Gasteiger partial charge in [0, 0.05) is 24.1 Å². The monoisotopic (exact) mass is 328 g/mol. The zero-order chi connectivity index (χ0) is 16.7. The van der Waals surface area contributed by atoms with E-state index in [1.807, 2.05) is 0 Å². The predicted molar refractivity (Wildman–Crippen MR) is 91.1 cm³/mol. The SMILES string of the molecule is CO.NC12CC3=CCC(c4nnc(C5CCNCC5)o4)=CC3=C1C2. The third-order valence-corrected chi connectivity index (χ3v) is 5.44. The molecule has 4 N–H and O–H groups in total. The van der Waals surface area contributed by atoms with Crippen LogP contribution in [-0.4, -0.2) is 41.0 Å². The van der Waals surface area contributed by atoms with Crippen LogP contribution >= 0.6 is 0 Å². The molecule has 6 heteroatoms. The van der Waals surface area contributed by atoms with E-state index in [0.717, 1.165) is 63.8 Å². The van der Waals surface area contributed by atoms with Gasteiger partial charge in [-0.2, -0.15) is 0 Å². The molecule has 2 heterocycles. The van der Waals surface area contributed by atoms with E-state index in [9.17, 15) is 0 Å². The number of rotatable bonds is 2. The number of aliphatic hydroxyl groups excluding tert-OH is 1. The Bertz CT molecular complexity index is 740. The molecule has 6 nitrogen and oxygen atoms in total. The van der Waals surface area contributed by atoms with Gasteiger partial charge in [-0.15, -0.1) is 10.2 Å². The first-order valence-corrected chi connectivity index (χ1v) is 8.65. The Hall–Kier alpha value is -1.76. The number of piperidine rings is 1. The van der Waals surface area contributed by atoms with Gasteiger partial charge in [-0.3, -0.25) is 0 Å². The lowest BCUT2D eigenvalue weighted by Gasteiger charge is -2.19. The van der Waals surface area contributed by atoms with Crippen LogP contribution in [0.5, 0.6) is 0 Å². The molecule has 1 aliphatic heterocycles. The summed E-state index contributed by atoms with van der Waals surface area (Å²) in [5.74, 6) is 1.90. The summed E-state index contributed by atoms with van der Waals surface area (Å²) in [6, 6.07) is 0. The molecule has 1 atom stereocenters. The van der Waals surface area contributed by atoms with E-state index < -0.39 is 0 Å². The number of aromatic nitrogens is 2. The highest BCUT2D eigenvalue weighted by Crippen LogP contribution is 2.57. The second-order valence-electron chi connectivity index (χ2n) is 6.97. The summed E-state index contributed by atoms with van der Waals surface area (Å²) in [5, 5.41) is 19.0. The minimum atomic E-state index is -0.0256. The molecule has 0 radical (unpaired) electrons. The van der Waals surface area contributed by atoms with E-state index in [2.05, 4.69) is 27.7 Å². The molecule has 128 valence electrons. The normalized spacial score (nSPS) is 28.5. The number of hydrogen-bond donors (Lipinski definition) is 3. The molecule has 3 aliphatic carbocycles. The number of nitrogens with one attached hydrogen (secondary N) is 1. The summed E-state index contributed by atoms with van der Waals surface area (Å²) < 4.78 is 5.98. The van der Waals surface area contributed by atoms with Gasteiger partial charge in [0.15, 0.2) is 0 Å². The maximum Gasteiger partial charge on any atom is 0.244 e. The Morgan fingerprint density at radius 2 is 2.00 bits per heavy atom. The first-order chi connectivity index (χ1) is 11.7. The standard InChI is InChI=1S/C17H20N4O.CH4O/c18-17-8-12-2-1-11(7-13(12)14(17)9-17)16-21-20-15(22-16)10-3-5-19-6-4-10;1-2/h2,7,10,19H,1,3-6,8-9,18H2;2H,1H3. The van der Waals surface area contributed by atoms with Crippen molar-refractivity contribution in [2.24, 2.45) is 5.73 Å². The maximum atomic E-state index is 7.00. The molecular weight excluding hydrogens is 304 g/mol. The van der Waals surface area contributed by atoms with Gasteiger partial charge in [0.1, 0.15) is 0 Å². The Labute approximate surface area is 141 Å². The van der Waals surface area contributed by atoms with Crippen LogP contribution in [-0.2, 0) is 0 Å². The van der Waals surface area contributed by atoms with Crippen molar-refractivity contribution in [2.75, 3.05) is 20.2 Å². The lowest BCUT2D eigenvalue weighted by molar-refractivity contribution is 0.370. The lowest BCUT2D eigenvalue weighted by Crippen LogP contribution is -2.26. The summed E-state index contributed by atoms with van der Waals surface area (Å²) in [5.41, 5.74) is 11.6. The van der Waals surface area contributed by atoms with Crippen LogP contribution in [0.4, 0.5) is 0 Å². The van der Waals surface area contributed by atoms with Gasteiger partial charge in [0.05, 0.1) is 0 Å². The summed E-state index contributed by atoms with van der Waals surface area (Å²) in [6.45, 7) is 2.07. The smallest absolute Gasteiger partial charge is 0.244 e. The largest absolute Gasteiger partial charge is 0.421 e. The molecule has 4 aliphatic rings. The average molecular weight is 328 g/mol. The van der Waals surface area contributed by atoms with Crippen LogP contribution in [0.1, 0.15) is 49.8 Å². The molecule has 0 spiro atoms. The molecular formula is C18H24N4O2. The summed E-state index contributed by atoms with van der Waals surface area (Å²) in [4.78, 5) is 0. The topological polar surface area (TPSA) is 97.2 Å². The van der Waals surface area contributed by atoms with Crippen LogP contribution in [0, 0.1) is 0 Å². The third kappa shape index (κ3) is 2.55. The van der Waals surface area contributed by atoms with Crippen LogP contribution in [0.25, 0.3) is 5.57 Å². The van der Waals surface area contributed by atoms with E-state index in [1.165, 1.54) is 16.7 Å². The molecule has 1 saturated heterocycles. The lowest BCUT2D eigenvalue weighted by atomic mass is 9.93. The summed E-state index contributed by atoms with van der Waals surface area (Å²) in [7, 11) is 1.00. The fraction of sp³-hybridized carbons (Fsp3) is 0.556. The minimum absolute atomic E-state index is 0.0256. The summed E-state index contributed by atoms with van der Waals surface area (Å²) >= 11 is 0. The number of fused-ring (bicyclic) bond motifs is 2. The molecule has 0 amide bonds. The molecule has 24 heavy (non-hydrogen) atoms. The zero-order valence-electron chi connectivity index (χ0n) is 14.0. The third-order valence-electron chi connectivity index (χ3n) is 5.44. The number of allylic oxidation sites excluding steroid dienone is 4. The minimum Gasteiger partial charge on any atom is -0.421 e. The molecule has 1 aromatic rings.